The number of hydrogen-bond acceptors (Lipinski definition) is 6. The number of carbonyl (C=O) groups excluding carboxylic acids is 4. The molecule has 1 atom stereocenters. The molecule has 2 amide bonds. The summed E-state index contributed by atoms with van der Waals surface area (Å²) >= 11 is 6.05. The van der Waals surface area contributed by atoms with Crippen molar-refractivity contribution in [2.45, 2.75) is 52.5 Å². The van der Waals surface area contributed by atoms with E-state index in [2.05, 4.69) is 0 Å². The Labute approximate surface area is 239 Å². The lowest BCUT2D eigenvalue weighted by Crippen LogP contribution is -2.40. The van der Waals surface area contributed by atoms with Crippen LogP contribution >= 0.6 is 11.6 Å². The van der Waals surface area contributed by atoms with Gasteiger partial charge < -0.3 is 19.3 Å². The normalized spacial score (nSPS) is 18.1. The molecule has 9 heteroatoms. The van der Waals surface area contributed by atoms with Gasteiger partial charge in [-0.25, -0.2) is 4.79 Å². The van der Waals surface area contributed by atoms with Crippen molar-refractivity contribution in [1.29, 1.82) is 0 Å². The molecular formula is C31H35ClN2O6. The first-order chi connectivity index (χ1) is 19.2. The van der Waals surface area contributed by atoms with E-state index in [1.807, 2.05) is 24.3 Å². The third-order valence-corrected chi connectivity index (χ3v) is 7.79. The zero-order valence-electron chi connectivity index (χ0n) is 23.2. The Morgan fingerprint density at radius 3 is 2.15 bits per heavy atom. The first-order valence-electron chi connectivity index (χ1n) is 13.7. The molecule has 212 valence electrons. The van der Waals surface area contributed by atoms with Crippen LogP contribution in [-0.2, 0) is 30.4 Å². The molecule has 2 heterocycles. The molecule has 0 aliphatic carbocycles. The molecule has 2 aliphatic rings. The zero-order chi connectivity index (χ0) is 28.8. The molecule has 0 N–H and O–H groups in total. The fourth-order valence-corrected chi connectivity index (χ4v) is 5.48. The minimum absolute atomic E-state index is 0.0885. The van der Waals surface area contributed by atoms with Crippen LogP contribution in [0, 0.1) is 5.92 Å². The number of amides is 2. The van der Waals surface area contributed by atoms with Gasteiger partial charge in [0.05, 0.1) is 31.2 Å². The summed E-state index contributed by atoms with van der Waals surface area (Å²) in [7, 11) is 0. The van der Waals surface area contributed by atoms with E-state index in [1.54, 1.807) is 54.8 Å². The Balaban J connectivity index is 1.48. The summed E-state index contributed by atoms with van der Waals surface area (Å²) in [5.41, 5.74) is 3.22. The Hall–Kier alpha value is -3.65. The van der Waals surface area contributed by atoms with Gasteiger partial charge in [0.25, 0.3) is 5.91 Å². The van der Waals surface area contributed by atoms with Gasteiger partial charge in [-0.05, 0) is 69.0 Å². The van der Waals surface area contributed by atoms with E-state index < -0.39 is 11.9 Å². The highest BCUT2D eigenvalue weighted by Gasteiger charge is 2.37. The van der Waals surface area contributed by atoms with Gasteiger partial charge in [-0.1, -0.05) is 35.9 Å². The van der Waals surface area contributed by atoms with E-state index in [0.717, 1.165) is 11.1 Å². The van der Waals surface area contributed by atoms with E-state index >= 15 is 0 Å². The fourth-order valence-electron chi connectivity index (χ4n) is 5.35. The third kappa shape index (κ3) is 6.55. The number of ether oxygens (including phenoxy) is 2. The topological polar surface area (TPSA) is 93.2 Å². The van der Waals surface area contributed by atoms with Gasteiger partial charge >= 0.3 is 11.9 Å². The first kappa shape index (κ1) is 29.3. The van der Waals surface area contributed by atoms with Gasteiger partial charge in [0.15, 0.2) is 0 Å². The highest BCUT2D eigenvalue weighted by molar-refractivity contribution is 6.30. The van der Waals surface area contributed by atoms with Gasteiger partial charge in [0, 0.05) is 41.7 Å². The molecule has 1 saturated heterocycles. The molecule has 0 spiro atoms. The Morgan fingerprint density at radius 1 is 0.925 bits per heavy atom. The Bertz CT molecular complexity index is 1280. The smallest absolute Gasteiger partial charge is 0.336 e. The predicted octanol–water partition coefficient (Wildman–Crippen LogP) is 5.11. The second-order valence-electron chi connectivity index (χ2n) is 10.0. The average Bonchev–Trinajstić information content (AvgIpc) is 2.95. The van der Waals surface area contributed by atoms with Crippen LogP contribution in [0.2, 0.25) is 5.02 Å². The summed E-state index contributed by atoms with van der Waals surface area (Å²) in [6.45, 7) is 7.16. The molecule has 0 bridgehead atoms. The summed E-state index contributed by atoms with van der Waals surface area (Å²) in [4.78, 5) is 54.7. The number of hydrogen-bond donors (Lipinski definition) is 0. The highest BCUT2D eigenvalue weighted by atomic mass is 35.5. The summed E-state index contributed by atoms with van der Waals surface area (Å²) in [6, 6.07) is 14.3. The van der Waals surface area contributed by atoms with Crippen LogP contribution in [-0.4, -0.2) is 59.9 Å². The highest BCUT2D eigenvalue weighted by Crippen LogP contribution is 2.38. The largest absolute Gasteiger partial charge is 0.466 e. The molecule has 8 nitrogen and oxygen atoms in total. The maximum absolute atomic E-state index is 13.3. The van der Waals surface area contributed by atoms with Crippen molar-refractivity contribution in [3.63, 3.8) is 0 Å². The number of benzene rings is 2. The fraction of sp³-hybridized carbons (Fsp3) is 0.419. The van der Waals surface area contributed by atoms with Gasteiger partial charge in [0.1, 0.15) is 0 Å². The second-order valence-corrected chi connectivity index (χ2v) is 10.5. The molecule has 0 radical (unpaired) electrons. The maximum Gasteiger partial charge on any atom is 0.336 e. The van der Waals surface area contributed by atoms with Crippen molar-refractivity contribution in [2.75, 3.05) is 26.3 Å². The lowest BCUT2D eigenvalue weighted by atomic mass is 9.83. The van der Waals surface area contributed by atoms with Gasteiger partial charge in [0.2, 0.25) is 5.91 Å². The molecule has 2 aromatic rings. The van der Waals surface area contributed by atoms with E-state index in [0.29, 0.717) is 54.4 Å². The number of carbonyl (C=O) groups is 4. The molecule has 0 aromatic heterocycles. The zero-order valence-corrected chi connectivity index (χ0v) is 23.9. The van der Waals surface area contributed by atoms with E-state index in [-0.39, 0.29) is 43.3 Å². The Morgan fingerprint density at radius 2 is 1.55 bits per heavy atom. The van der Waals surface area contributed by atoms with E-state index in [9.17, 15) is 19.2 Å². The summed E-state index contributed by atoms with van der Waals surface area (Å²) < 4.78 is 10.5. The van der Waals surface area contributed by atoms with Crippen LogP contribution in [0.4, 0.5) is 0 Å². The lowest BCUT2D eigenvalue weighted by Gasteiger charge is -2.34. The first-order valence-corrected chi connectivity index (χ1v) is 14.1. The van der Waals surface area contributed by atoms with Crippen molar-refractivity contribution in [1.82, 2.24) is 9.80 Å². The average molecular weight is 567 g/mol. The minimum Gasteiger partial charge on any atom is -0.466 e. The van der Waals surface area contributed by atoms with E-state index in [4.69, 9.17) is 21.1 Å². The summed E-state index contributed by atoms with van der Waals surface area (Å²) in [5.74, 6) is -1.41. The Kier molecular flexibility index (Phi) is 9.63. The van der Waals surface area contributed by atoms with Crippen LogP contribution < -0.4 is 0 Å². The second kappa shape index (κ2) is 13.1. The lowest BCUT2D eigenvalue weighted by molar-refractivity contribution is -0.149. The summed E-state index contributed by atoms with van der Waals surface area (Å²) in [6.07, 6.45) is 1.31. The van der Waals surface area contributed by atoms with E-state index in [1.165, 1.54) is 0 Å². The number of halogens is 1. The molecule has 4 rings (SSSR count). The van der Waals surface area contributed by atoms with Gasteiger partial charge in [-0.15, -0.1) is 0 Å². The molecule has 40 heavy (non-hydrogen) atoms. The standard InChI is InChI=1S/C31H35ClN2O6/c1-4-39-30(37)24-14-16-33(17-15-24)29(36)23-8-6-21(7-9-23)19-34-20(3)28(31(38)40-5-2)26(18-27(34)35)22-10-12-25(32)13-11-22/h6-13,24,26H,4-5,14-19H2,1-3H3. The van der Waals surface area contributed by atoms with Crippen molar-refractivity contribution in [3.05, 3.63) is 81.5 Å². The molecule has 2 aliphatic heterocycles. The van der Waals surface area contributed by atoms with Crippen molar-refractivity contribution in [2.24, 2.45) is 5.92 Å². The number of rotatable bonds is 8. The molecule has 1 fully saturated rings. The SMILES string of the molecule is CCOC(=O)C1=C(C)N(Cc2ccc(C(=O)N3CCC(C(=O)OCC)CC3)cc2)C(=O)CC1c1ccc(Cl)cc1. The summed E-state index contributed by atoms with van der Waals surface area (Å²) in [5, 5.41) is 0.578. The van der Waals surface area contributed by atoms with Crippen molar-refractivity contribution >= 4 is 35.4 Å². The predicted molar refractivity (Wildman–Crippen MR) is 150 cm³/mol. The molecule has 2 aromatic carbocycles. The molecule has 1 unspecified atom stereocenters. The van der Waals surface area contributed by atoms with Gasteiger partial charge in [-0.2, -0.15) is 0 Å². The third-order valence-electron chi connectivity index (χ3n) is 7.53. The maximum atomic E-state index is 13.3. The monoisotopic (exact) mass is 566 g/mol. The van der Waals surface area contributed by atoms with Crippen LogP contribution in [0.1, 0.15) is 67.4 Å². The van der Waals surface area contributed by atoms with Crippen LogP contribution in [0.25, 0.3) is 0 Å². The van der Waals surface area contributed by atoms with Crippen LogP contribution in [0.5, 0.6) is 0 Å². The number of allylic oxidation sites excluding steroid dienone is 1. The number of nitrogens with zero attached hydrogens (tertiary/aromatic N) is 2. The molecular weight excluding hydrogens is 532 g/mol. The quantitative estimate of drug-likeness (QED) is 0.412. The minimum atomic E-state index is -0.440. The van der Waals surface area contributed by atoms with Gasteiger partial charge in [-0.3, -0.25) is 14.4 Å². The molecule has 0 saturated carbocycles. The number of piperidine rings is 1. The van der Waals surface area contributed by atoms with Crippen LogP contribution in [0.3, 0.4) is 0 Å². The van der Waals surface area contributed by atoms with Crippen molar-refractivity contribution in [3.8, 4) is 0 Å². The number of esters is 2. The number of likely N-dealkylation sites (tertiary alicyclic amines) is 1. The van der Waals surface area contributed by atoms with Crippen LogP contribution in [0.15, 0.2) is 59.8 Å². The van der Waals surface area contributed by atoms with Crippen molar-refractivity contribution < 1.29 is 28.7 Å².